The Morgan fingerprint density at radius 2 is 1.86 bits per heavy atom. The Bertz CT molecular complexity index is 1360. The number of carbonyl (C=O) groups is 1. The molecule has 36 heavy (non-hydrogen) atoms. The summed E-state index contributed by atoms with van der Waals surface area (Å²) in [6.45, 7) is 8.28. The van der Waals surface area contributed by atoms with Crippen LogP contribution in [0.15, 0.2) is 51.8 Å². The maximum absolute atomic E-state index is 12.7. The molecule has 0 bridgehead atoms. The van der Waals surface area contributed by atoms with E-state index in [2.05, 4.69) is 36.7 Å². The summed E-state index contributed by atoms with van der Waals surface area (Å²) < 4.78 is 33.5. The van der Waals surface area contributed by atoms with Gasteiger partial charge in [-0.1, -0.05) is 54.4 Å². The second-order valence-electron chi connectivity index (χ2n) is 10.4. The molecule has 3 aromatic rings. The topological polar surface area (TPSA) is 102 Å². The average Bonchev–Trinajstić information content (AvgIpc) is 3.35. The van der Waals surface area contributed by atoms with E-state index < -0.39 is 16.2 Å². The van der Waals surface area contributed by atoms with Crippen LogP contribution in [0.2, 0.25) is 0 Å². The van der Waals surface area contributed by atoms with Crippen molar-refractivity contribution < 1.29 is 22.5 Å². The summed E-state index contributed by atoms with van der Waals surface area (Å²) >= 11 is 3.48. The number of rotatable bonds is 7. The third-order valence-electron chi connectivity index (χ3n) is 6.79. The maximum atomic E-state index is 12.7. The van der Waals surface area contributed by atoms with Crippen molar-refractivity contribution in [1.29, 1.82) is 0 Å². The van der Waals surface area contributed by atoms with Crippen LogP contribution in [0.3, 0.4) is 0 Å². The van der Waals surface area contributed by atoms with Crippen molar-refractivity contribution >= 4 is 43.2 Å². The monoisotopic (exact) mass is 577 g/mol. The third kappa shape index (κ3) is 5.60. The molecule has 1 aliphatic rings. The minimum atomic E-state index is -3.90. The standard InChI is InChI=1S/C26H32BrN3O5S/c1-17-5-9-20(10-6-17)36(33,34)35-14-13-29-22-11-7-18(27)15-21(22)28-24(29)16-19-8-12-23(26(2,3)4)30(19)25(31)32/h5-7,9-11,15,19,23H,8,12-14,16H2,1-4H3,(H,31,32). The molecular formula is C26H32BrN3O5S. The first kappa shape index (κ1) is 26.6. The number of halogens is 1. The molecule has 0 radical (unpaired) electrons. The van der Waals surface area contributed by atoms with E-state index in [1.165, 1.54) is 12.1 Å². The Morgan fingerprint density at radius 3 is 2.50 bits per heavy atom. The van der Waals surface area contributed by atoms with E-state index in [0.29, 0.717) is 12.2 Å². The fraction of sp³-hybridized carbons (Fsp3) is 0.462. The van der Waals surface area contributed by atoms with Gasteiger partial charge in [0.05, 0.1) is 22.5 Å². The summed E-state index contributed by atoms with van der Waals surface area (Å²) in [6.07, 6.45) is 1.06. The van der Waals surface area contributed by atoms with E-state index in [0.717, 1.165) is 33.9 Å². The van der Waals surface area contributed by atoms with E-state index in [1.54, 1.807) is 17.0 Å². The van der Waals surface area contributed by atoms with Gasteiger partial charge < -0.3 is 14.6 Å². The molecule has 1 aromatic heterocycles. The number of imidazole rings is 1. The summed E-state index contributed by atoms with van der Waals surface area (Å²) in [5.41, 5.74) is 2.39. The van der Waals surface area contributed by atoms with Gasteiger partial charge in [-0.2, -0.15) is 8.42 Å². The molecule has 1 N–H and O–H groups in total. The molecule has 0 saturated carbocycles. The van der Waals surface area contributed by atoms with Crippen LogP contribution in [-0.2, 0) is 27.3 Å². The second kappa shape index (κ2) is 10.1. The Hall–Kier alpha value is -2.43. The average molecular weight is 579 g/mol. The number of hydrogen-bond acceptors (Lipinski definition) is 5. The fourth-order valence-electron chi connectivity index (χ4n) is 5.00. The van der Waals surface area contributed by atoms with Crippen molar-refractivity contribution in [3.63, 3.8) is 0 Å². The van der Waals surface area contributed by atoms with Gasteiger partial charge in [-0.25, -0.2) is 9.78 Å². The van der Waals surface area contributed by atoms with Crippen LogP contribution in [0.25, 0.3) is 11.0 Å². The number of carboxylic acid groups (broad SMARTS) is 1. The lowest BCUT2D eigenvalue weighted by molar-refractivity contribution is 0.0863. The highest BCUT2D eigenvalue weighted by atomic mass is 79.9. The van der Waals surface area contributed by atoms with E-state index in [-0.39, 0.29) is 35.5 Å². The van der Waals surface area contributed by atoms with E-state index in [1.807, 2.05) is 29.7 Å². The molecule has 1 aliphatic heterocycles. The van der Waals surface area contributed by atoms with Gasteiger partial charge in [0, 0.05) is 29.5 Å². The predicted octanol–water partition coefficient (Wildman–Crippen LogP) is 5.61. The predicted molar refractivity (Wildman–Crippen MR) is 142 cm³/mol. The zero-order valence-electron chi connectivity index (χ0n) is 20.9. The molecule has 2 aromatic carbocycles. The number of nitrogens with zero attached hydrogens (tertiary/aromatic N) is 3. The summed E-state index contributed by atoms with van der Waals surface area (Å²) in [5, 5.41) is 10.0. The molecular weight excluding hydrogens is 546 g/mol. The molecule has 1 amide bonds. The van der Waals surface area contributed by atoms with Gasteiger partial charge in [-0.05, 0) is 55.5 Å². The highest BCUT2D eigenvalue weighted by Gasteiger charge is 2.43. The van der Waals surface area contributed by atoms with Crippen molar-refractivity contribution in [3.05, 3.63) is 58.3 Å². The molecule has 0 spiro atoms. The molecule has 8 nitrogen and oxygen atoms in total. The Kier molecular flexibility index (Phi) is 7.50. The number of likely N-dealkylation sites (tertiary alicyclic amines) is 1. The van der Waals surface area contributed by atoms with Crippen LogP contribution in [0.5, 0.6) is 0 Å². The van der Waals surface area contributed by atoms with Gasteiger partial charge in [-0.3, -0.25) is 4.18 Å². The minimum Gasteiger partial charge on any atom is -0.465 e. The zero-order valence-corrected chi connectivity index (χ0v) is 23.3. The van der Waals surface area contributed by atoms with Crippen LogP contribution in [-0.4, -0.2) is 52.8 Å². The zero-order chi connectivity index (χ0) is 26.3. The van der Waals surface area contributed by atoms with E-state index in [4.69, 9.17) is 9.17 Å². The molecule has 194 valence electrons. The number of aryl methyl sites for hydroxylation is 1. The Balaban J connectivity index is 1.59. The number of fused-ring (bicyclic) bond motifs is 1. The van der Waals surface area contributed by atoms with Crippen molar-refractivity contribution in [1.82, 2.24) is 14.5 Å². The van der Waals surface area contributed by atoms with Gasteiger partial charge in [0.1, 0.15) is 5.82 Å². The summed E-state index contributed by atoms with van der Waals surface area (Å²) in [7, 11) is -3.90. The van der Waals surface area contributed by atoms with Gasteiger partial charge >= 0.3 is 6.09 Å². The van der Waals surface area contributed by atoms with E-state index >= 15 is 0 Å². The van der Waals surface area contributed by atoms with Crippen molar-refractivity contribution in [2.45, 2.75) is 70.5 Å². The molecule has 4 rings (SSSR count). The smallest absolute Gasteiger partial charge is 0.407 e. The largest absolute Gasteiger partial charge is 0.465 e. The number of amides is 1. The SMILES string of the molecule is Cc1ccc(S(=O)(=O)OCCn2c(CC3CCC(C(C)(C)C)N3C(=O)O)nc3cc(Br)ccc32)cc1. The van der Waals surface area contributed by atoms with Crippen LogP contribution in [0, 0.1) is 12.3 Å². The molecule has 10 heteroatoms. The number of hydrogen-bond donors (Lipinski definition) is 1. The Morgan fingerprint density at radius 1 is 1.17 bits per heavy atom. The summed E-state index contributed by atoms with van der Waals surface area (Å²) in [6, 6.07) is 12.0. The van der Waals surface area contributed by atoms with Gasteiger partial charge in [0.25, 0.3) is 10.1 Å². The Labute approximate surface area is 220 Å². The van der Waals surface area contributed by atoms with Crippen molar-refractivity contribution in [2.75, 3.05) is 6.61 Å². The van der Waals surface area contributed by atoms with Gasteiger partial charge in [0.15, 0.2) is 0 Å². The fourth-order valence-corrected chi connectivity index (χ4v) is 6.25. The molecule has 2 heterocycles. The summed E-state index contributed by atoms with van der Waals surface area (Å²) in [4.78, 5) is 18.7. The van der Waals surface area contributed by atoms with Crippen LogP contribution >= 0.6 is 15.9 Å². The second-order valence-corrected chi connectivity index (χ2v) is 12.9. The lowest BCUT2D eigenvalue weighted by Crippen LogP contribution is -2.47. The van der Waals surface area contributed by atoms with Gasteiger partial charge in [0.2, 0.25) is 0 Å². The van der Waals surface area contributed by atoms with Crippen LogP contribution < -0.4 is 0 Å². The normalized spacial score (nSPS) is 18.8. The lowest BCUT2D eigenvalue weighted by Gasteiger charge is -2.36. The van der Waals surface area contributed by atoms with E-state index in [9.17, 15) is 18.3 Å². The van der Waals surface area contributed by atoms with Crippen molar-refractivity contribution in [2.24, 2.45) is 5.41 Å². The molecule has 2 atom stereocenters. The first-order valence-electron chi connectivity index (χ1n) is 12.0. The summed E-state index contributed by atoms with van der Waals surface area (Å²) in [5.74, 6) is 0.713. The van der Waals surface area contributed by atoms with Gasteiger partial charge in [-0.15, -0.1) is 0 Å². The molecule has 0 aliphatic carbocycles. The molecule has 1 fully saturated rings. The molecule has 2 unspecified atom stereocenters. The highest BCUT2D eigenvalue weighted by Crippen LogP contribution is 2.37. The third-order valence-corrected chi connectivity index (χ3v) is 8.61. The number of benzene rings is 2. The minimum absolute atomic E-state index is 0.0668. The first-order valence-corrected chi connectivity index (χ1v) is 14.2. The first-order chi connectivity index (χ1) is 16.9. The maximum Gasteiger partial charge on any atom is 0.407 e. The van der Waals surface area contributed by atoms with Crippen LogP contribution in [0.1, 0.15) is 45.0 Å². The number of aromatic nitrogens is 2. The lowest BCUT2D eigenvalue weighted by atomic mass is 9.85. The van der Waals surface area contributed by atoms with Crippen molar-refractivity contribution in [3.8, 4) is 0 Å². The quantitative estimate of drug-likeness (QED) is 0.366. The highest BCUT2D eigenvalue weighted by molar-refractivity contribution is 9.10. The molecule has 1 saturated heterocycles. The van der Waals surface area contributed by atoms with Crippen LogP contribution in [0.4, 0.5) is 4.79 Å².